The van der Waals surface area contributed by atoms with Crippen LogP contribution < -0.4 is 14.8 Å². The summed E-state index contributed by atoms with van der Waals surface area (Å²) in [6.45, 7) is 5.26. The zero-order chi connectivity index (χ0) is 17.8. The Morgan fingerprint density at radius 1 is 1.12 bits per heavy atom. The van der Waals surface area contributed by atoms with E-state index >= 15 is 0 Å². The van der Waals surface area contributed by atoms with E-state index in [4.69, 9.17) is 21.1 Å². The molecule has 0 aliphatic carbocycles. The van der Waals surface area contributed by atoms with Crippen LogP contribution in [0.1, 0.15) is 41.8 Å². The number of benzene rings is 2. The number of nitrogens with one attached hydrogen (secondary N) is 1. The van der Waals surface area contributed by atoms with Crippen molar-refractivity contribution in [3.05, 3.63) is 52.0 Å². The molecular formula is C20H22ClNO3. The molecule has 4 nitrogen and oxygen atoms in total. The first kappa shape index (κ1) is 17.6. The van der Waals surface area contributed by atoms with Crippen molar-refractivity contribution in [1.29, 1.82) is 0 Å². The van der Waals surface area contributed by atoms with Gasteiger partial charge in [0, 0.05) is 17.7 Å². The molecule has 25 heavy (non-hydrogen) atoms. The van der Waals surface area contributed by atoms with Crippen LogP contribution >= 0.6 is 11.6 Å². The summed E-state index contributed by atoms with van der Waals surface area (Å²) >= 11 is 6.30. The van der Waals surface area contributed by atoms with Gasteiger partial charge in [-0.3, -0.25) is 4.79 Å². The Kier molecular flexibility index (Phi) is 5.49. The normalized spacial score (nSPS) is 13.2. The van der Waals surface area contributed by atoms with Gasteiger partial charge < -0.3 is 14.8 Å². The van der Waals surface area contributed by atoms with Crippen molar-refractivity contribution in [3.8, 4) is 11.5 Å². The van der Waals surface area contributed by atoms with Crippen LogP contribution in [0.15, 0.2) is 30.3 Å². The predicted octanol–water partition coefficient (Wildman–Crippen LogP) is 4.88. The number of anilines is 1. The van der Waals surface area contributed by atoms with E-state index in [1.165, 1.54) is 0 Å². The van der Waals surface area contributed by atoms with E-state index in [9.17, 15) is 4.79 Å². The molecule has 1 aliphatic rings. The van der Waals surface area contributed by atoms with Crippen LogP contribution in [0.2, 0.25) is 5.02 Å². The van der Waals surface area contributed by atoms with Crippen molar-refractivity contribution in [1.82, 2.24) is 0 Å². The first-order valence-corrected chi connectivity index (χ1v) is 9.03. The van der Waals surface area contributed by atoms with Crippen molar-refractivity contribution in [2.24, 2.45) is 0 Å². The highest BCUT2D eigenvalue weighted by atomic mass is 35.5. The molecule has 1 amide bonds. The molecule has 0 saturated carbocycles. The number of carbonyl (C=O) groups excluding carboxylic acids is 1. The highest BCUT2D eigenvalue weighted by Crippen LogP contribution is 2.38. The maximum absolute atomic E-state index is 12.8. The molecular weight excluding hydrogens is 338 g/mol. The minimum absolute atomic E-state index is 0.201. The Bertz CT molecular complexity index is 767. The molecule has 0 aromatic heterocycles. The second kappa shape index (κ2) is 7.79. The average molecular weight is 360 g/mol. The minimum atomic E-state index is -0.201. The van der Waals surface area contributed by atoms with Crippen LogP contribution in [-0.4, -0.2) is 19.1 Å². The van der Waals surface area contributed by atoms with E-state index in [2.05, 4.69) is 19.2 Å². The fourth-order valence-corrected chi connectivity index (χ4v) is 3.22. The van der Waals surface area contributed by atoms with Crippen LogP contribution in [0.25, 0.3) is 0 Å². The van der Waals surface area contributed by atoms with E-state index < -0.39 is 0 Å². The second-order valence-corrected chi connectivity index (χ2v) is 6.36. The Labute approximate surface area is 153 Å². The Balaban J connectivity index is 1.92. The Morgan fingerprint density at radius 2 is 1.80 bits per heavy atom. The summed E-state index contributed by atoms with van der Waals surface area (Å²) in [6.07, 6.45) is 2.49. The van der Waals surface area contributed by atoms with Gasteiger partial charge in [0.25, 0.3) is 5.91 Å². The van der Waals surface area contributed by atoms with Gasteiger partial charge in [0.2, 0.25) is 0 Å². The van der Waals surface area contributed by atoms with Gasteiger partial charge >= 0.3 is 0 Å². The summed E-state index contributed by atoms with van der Waals surface area (Å²) in [7, 11) is 0. The lowest BCUT2D eigenvalue weighted by Gasteiger charge is -2.16. The Morgan fingerprint density at radius 3 is 2.48 bits per heavy atom. The zero-order valence-electron chi connectivity index (χ0n) is 14.5. The van der Waals surface area contributed by atoms with Gasteiger partial charge in [-0.1, -0.05) is 43.6 Å². The SMILES string of the molecule is CCc1cccc(CC)c1NC(=O)c1cc(Cl)c2c(c1)OCCCO2. The quantitative estimate of drug-likeness (QED) is 0.846. The molecule has 3 rings (SSSR count). The number of para-hydroxylation sites is 1. The number of hydrogen-bond donors (Lipinski definition) is 1. The Hall–Kier alpha value is -2.20. The first-order valence-electron chi connectivity index (χ1n) is 8.65. The van der Waals surface area contributed by atoms with Crippen LogP contribution in [0, 0.1) is 0 Å². The lowest BCUT2D eigenvalue weighted by Crippen LogP contribution is -2.15. The fraction of sp³-hybridized carbons (Fsp3) is 0.350. The topological polar surface area (TPSA) is 47.6 Å². The lowest BCUT2D eigenvalue weighted by molar-refractivity contribution is 0.102. The van der Waals surface area contributed by atoms with Gasteiger partial charge in [-0.15, -0.1) is 0 Å². The van der Waals surface area contributed by atoms with E-state index in [0.717, 1.165) is 36.1 Å². The molecule has 0 unspecified atom stereocenters. The van der Waals surface area contributed by atoms with Crippen molar-refractivity contribution < 1.29 is 14.3 Å². The van der Waals surface area contributed by atoms with Crippen molar-refractivity contribution >= 4 is 23.2 Å². The molecule has 0 bridgehead atoms. The third-order valence-corrected chi connectivity index (χ3v) is 4.58. The van der Waals surface area contributed by atoms with Crippen molar-refractivity contribution in [3.63, 3.8) is 0 Å². The third-order valence-electron chi connectivity index (χ3n) is 4.30. The van der Waals surface area contributed by atoms with E-state index in [1.54, 1.807) is 12.1 Å². The number of hydrogen-bond acceptors (Lipinski definition) is 3. The number of halogens is 1. The summed E-state index contributed by atoms with van der Waals surface area (Å²) in [6, 6.07) is 9.43. The van der Waals surface area contributed by atoms with Crippen molar-refractivity contribution in [2.75, 3.05) is 18.5 Å². The molecule has 0 fully saturated rings. The molecule has 1 aliphatic heterocycles. The summed E-state index contributed by atoms with van der Waals surface area (Å²) in [5.74, 6) is 0.835. The largest absolute Gasteiger partial charge is 0.489 e. The molecule has 0 spiro atoms. The number of aryl methyl sites for hydroxylation is 2. The molecule has 1 N–H and O–H groups in total. The summed E-state index contributed by atoms with van der Waals surface area (Å²) in [5, 5.41) is 3.45. The summed E-state index contributed by atoms with van der Waals surface area (Å²) in [5.41, 5.74) is 3.59. The van der Waals surface area contributed by atoms with Crippen LogP contribution in [-0.2, 0) is 12.8 Å². The summed E-state index contributed by atoms with van der Waals surface area (Å²) < 4.78 is 11.3. The molecule has 132 valence electrons. The number of rotatable bonds is 4. The number of fused-ring (bicyclic) bond motifs is 1. The van der Waals surface area contributed by atoms with Crippen LogP contribution in [0.4, 0.5) is 5.69 Å². The minimum Gasteiger partial charge on any atom is -0.489 e. The fourth-order valence-electron chi connectivity index (χ4n) is 2.95. The molecule has 5 heteroatoms. The third kappa shape index (κ3) is 3.74. The molecule has 0 atom stereocenters. The molecule has 2 aromatic rings. The van der Waals surface area contributed by atoms with Crippen LogP contribution in [0.3, 0.4) is 0 Å². The number of carbonyl (C=O) groups is 1. The highest BCUT2D eigenvalue weighted by molar-refractivity contribution is 6.32. The standard InChI is InChI=1S/C20H22ClNO3/c1-3-13-7-5-8-14(4-2)18(13)22-20(23)15-11-16(21)19-17(12-15)24-9-6-10-25-19/h5,7-8,11-12H,3-4,6,9-10H2,1-2H3,(H,22,23). The predicted molar refractivity (Wildman–Crippen MR) is 100 cm³/mol. The monoisotopic (exact) mass is 359 g/mol. The molecule has 0 saturated heterocycles. The van der Waals surface area contributed by atoms with E-state index in [1.807, 2.05) is 18.2 Å². The second-order valence-electron chi connectivity index (χ2n) is 5.95. The van der Waals surface area contributed by atoms with Gasteiger partial charge in [-0.05, 0) is 36.1 Å². The van der Waals surface area contributed by atoms with Crippen LogP contribution in [0.5, 0.6) is 11.5 Å². The maximum atomic E-state index is 12.8. The smallest absolute Gasteiger partial charge is 0.255 e. The maximum Gasteiger partial charge on any atom is 0.255 e. The van der Waals surface area contributed by atoms with Crippen molar-refractivity contribution in [2.45, 2.75) is 33.1 Å². The van der Waals surface area contributed by atoms with E-state index in [-0.39, 0.29) is 5.91 Å². The van der Waals surface area contributed by atoms with Gasteiger partial charge in [0.15, 0.2) is 11.5 Å². The average Bonchev–Trinajstić information content (AvgIpc) is 2.87. The van der Waals surface area contributed by atoms with Gasteiger partial charge in [0.05, 0.1) is 18.2 Å². The summed E-state index contributed by atoms with van der Waals surface area (Å²) in [4.78, 5) is 12.8. The molecule has 2 aromatic carbocycles. The van der Waals surface area contributed by atoms with Gasteiger partial charge in [0.1, 0.15) is 0 Å². The molecule has 1 heterocycles. The first-order chi connectivity index (χ1) is 12.1. The van der Waals surface area contributed by atoms with Gasteiger partial charge in [-0.25, -0.2) is 0 Å². The highest BCUT2D eigenvalue weighted by Gasteiger charge is 2.19. The number of amides is 1. The zero-order valence-corrected chi connectivity index (χ0v) is 15.3. The molecule has 0 radical (unpaired) electrons. The van der Waals surface area contributed by atoms with Gasteiger partial charge in [-0.2, -0.15) is 0 Å². The lowest BCUT2D eigenvalue weighted by atomic mass is 10.0. The van der Waals surface area contributed by atoms with E-state index in [0.29, 0.717) is 35.3 Å². The number of ether oxygens (including phenoxy) is 2.